The van der Waals surface area contributed by atoms with E-state index in [0.717, 1.165) is 5.56 Å². The van der Waals surface area contributed by atoms with Crippen molar-refractivity contribution in [2.45, 2.75) is 19.4 Å². The Morgan fingerprint density at radius 2 is 1.76 bits per heavy atom. The molecule has 2 amide bonds. The number of benzene rings is 2. The number of carbonyl (C=O) groups is 2. The minimum Gasteiger partial charge on any atom is -0.351 e. The van der Waals surface area contributed by atoms with E-state index in [4.69, 9.17) is 16.9 Å². The van der Waals surface area contributed by atoms with Crippen molar-refractivity contribution in [1.29, 1.82) is 5.26 Å². The Hall–Kier alpha value is -2.84. The summed E-state index contributed by atoms with van der Waals surface area (Å²) in [5.41, 5.74) is 0.510. The number of amides is 2. The molecule has 1 aliphatic rings. The molecule has 2 aromatic rings. The first-order valence-electron chi connectivity index (χ1n) is 7.89. The molecule has 1 fully saturated rings. The van der Waals surface area contributed by atoms with Crippen LogP contribution in [0.1, 0.15) is 24.0 Å². The van der Waals surface area contributed by atoms with E-state index >= 15 is 0 Å². The number of nitrogens with zero attached hydrogens (tertiary/aromatic N) is 1. The van der Waals surface area contributed by atoms with Gasteiger partial charge in [0.05, 0.1) is 11.3 Å². The number of nitrogens with one attached hydrogen (secondary N) is 2. The van der Waals surface area contributed by atoms with Crippen LogP contribution in [-0.4, -0.2) is 11.8 Å². The maximum absolute atomic E-state index is 12.6. The molecule has 0 aliphatic heterocycles. The molecule has 1 saturated carbocycles. The number of anilines is 1. The molecule has 0 heterocycles. The molecule has 0 unspecified atom stereocenters. The van der Waals surface area contributed by atoms with Gasteiger partial charge in [0.25, 0.3) is 0 Å². The third-order valence-electron chi connectivity index (χ3n) is 4.31. The molecule has 0 radical (unpaired) electrons. The average Bonchev–Trinajstić information content (AvgIpc) is 3.43. The second-order valence-corrected chi connectivity index (χ2v) is 6.37. The molecule has 2 N–H and O–H groups in total. The smallest absolute Gasteiger partial charge is 0.240 e. The second kappa shape index (κ2) is 6.96. The third kappa shape index (κ3) is 3.49. The number of hydrogen-bond acceptors (Lipinski definition) is 3. The summed E-state index contributed by atoms with van der Waals surface area (Å²) in [6.45, 7) is 0.266. The summed E-state index contributed by atoms with van der Waals surface area (Å²) in [5, 5.41) is 15.2. The van der Waals surface area contributed by atoms with Gasteiger partial charge < -0.3 is 10.6 Å². The Balaban J connectivity index is 1.67. The lowest BCUT2D eigenvalue weighted by molar-refractivity contribution is -0.134. The van der Waals surface area contributed by atoms with Crippen LogP contribution < -0.4 is 10.6 Å². The molecule has 1 aliphatic carbocycles. The lowest BCUT2D eigenvalue weighted by Crippen LogP contribution is -2.39. The van der Waals surface area contributed by atoms with Crippen molar-refractivity contribution in [3.8, 4) is 6.07 Å². The van der Waals surface area contributed by atoms with Gasteiger partial charge in [-0.25, -0.2) is 0 Å². The van der Waals surface area contributed by atoms with Gasteiger partial charge in [0, 0.05) is 11.6 Å². The fourth-order valence-corrected chi connectivity index (χ4v) is 2.80. The van der Waals surface area contributed by atoms with Crippen molar-refractivity contribution in [3.05, 3.63) is 64.7 Å². The van der Waals surface area contributed by atoms with Crippen LogP contribution in [0.25, 0.3) is 0 Å². The fourth-order valence-electron chi connectivity index (χ4n) is 2.60. The summed E-state index contributed by atoms with van der Waals surface area (Å²) in [6, 6.07) is 16.0. The van der Waals surface area contributed by atoms with Crippen molar-refractivity contribution in [3.63, 3.8) is 0 Å². The fraction of sp³-hybridized carbons (Fsp3) is 0.211. The van der Waals surface area contributed by atoms with E-state index in [-0.39, 0.29) is 18.4 Å². The number of para-hydroxylation sites is 1. The molecule has 0 bridgehead atoms. The molecule has 0 spiro atoms. The molecular weight excluding hydrogens is 338 g/mol. The lowest BCUT2D eigenvalue weighted by atomic mass is 10.0. The van der Waals surface area contributed by atoms with Gasteiger partial charge in [0.15, 0.2) is 0 Å². The number of halogens is 1. The Kier molecular flexibility index (Phi) is 4.73. The van der Waals surface area contributed by atoms with Crippen LogP contribution in [0.5, 0.6) is 0 Å². The van der Waals surface area contributed by atoms with Crippen LogP contribution in [0.15, 0.2) is 48.5 Å². The van der Waals surface area contributed by atoms with Crippen LogP contribution >= 0.6 is 11.6 Å². The molecule has 5 nitrogen and oxygen atoms in total. The first-order valence-corrected chi connectivity index (χ1v) is 8.27. The monoisotopic (exact) mass is 353 g/mol. The van der Waals surface area contributed by atoms with Crippen molar-refractivity contribution < 1.29 is 9.59 Å². The van der Waals surface area contributed by atoms with E-state index in [1.807, 2.05) is 24.3 Å². The molecule has 25 heavy (non-hydrogen) atoms. The second-order valence-electron chi connectivity index (χ2n) is 5.97. The molecule has 0 aromatic heterocycles. The number of hydrogen-bond donors (Lipinski definition) is 2. The average molecular weight is 354 g/mol. The Morgan fingerprint density at radius 1 is 1.08 bits per heavy atom. The minimum atomic E-state index is -1.07. The van der Waals surface area contributed by atoms with Crippen molar-refractivity contribution >= 4 is 29.1 Å². The van der Waals surface area contributed by atoms with E-state index in [1.165, 1.54) is 0 Å². The highest BCUT2D eigenvalue weighted by atomic mass is 35.5. The van der Waals surface area contributed by atoms with Gasteiger partial charge in [-0.3, -0.25) is 9.59 Å². The summed E-state index contributed by atoms with van der Waals surface area (Å²) in [6.07, 6.45) is 0.976. The van der Waals surface area contributed by atoms with Crippen LogP contribution in [0.3, 0.4) is 0 Å². The van der Waals surface area contributed by atoms with Crippen molar-refractivity contribution in [1.82, 2.24) is 5.32 Å². The quantitative estimate of drug-likeness (QED) is 0.809. The highest BCUT2D eigenvalue weighted by Crippen LogP contribution is 2.47. The summed E-state index contributed by atoms with van der Waals surface area (Å²) in [7, 11) is 0. The summed E-state index contributed by atoms with van der Waals surface area (Å²) >= 11 is 6.08. The largest absolute Gasteiger partial charge is 0.351 e. The van der Waals surface area contributed by atoms with Gasteiger partial charge in [0.2, 0.25) is 11.8 Å². The maximum Gasteiger partial charge on any atom is 0.240 e. The molecule has 0 atom stereocenters. The predicted octanol–water partition coefficient (Wildman–Crippen LogP) is 3.25. The zero-order valence-electron chi connectivity index (χ0n) is 13.4. The highest BCUT2D eigenvalue weighted by molar-refractivity contribution is 6.31. The minimum absolute atomic E-state index is 0.266. The SMILES string of the molecule is N#Cc1ccccc1NC(=O)C1(C(=O)NCc2ccccc2Cl)CC1. The van der Waals surface area contributed by atoms with Gasteiger partial charge in [-0.1, -0.05) is 41.9 Å². The number of rotatable bonds is 5. The summed E-state index contributed by atoms with van der Waals surface area (Å²) in [5.74, 6) is -0.703. The van der Waals surface area contributed by atoms with Gasteiger partial charge in [-0.2, -0.15) is 5.26 Å². The Bertz CT molecular complexity index is 869. The molecule has 126 valence electrons. The molecule has 2 aromatic carbocycles. The highest BCUT2D eigenvalue weighted by Gasteiger charge is 2.56. The van der Waals surface area contributed by atoms with Gasteiger partial charge in [-0.05, 0) is 36.6 Å². The van der Waals surface area contributed by atoms with Gasteiger partial charge in [-0.15, -0.1) is 0 Å². The Morgan fingerprint density at radius 3 is 2.44 bits per heavy atom. The first kappa shape index (κ1) is 17.0. The van der Waals surface area contributed by atoms with Crippen molar-refractivity contribution in [2.75, 3.05) is 5.32 Å². The lowest BCUT2D eigenvalue weighted by Gasteiger charge is -2.16. The van der Waals surface area contributed by atoms with Crippen molar-refractivity contribution in [2.24, 2.45) is 5.41 Å². The molecule has 0 saturated heterocycles. The third-order valence-corrected chi connectivity index (χ3v) is 4.68. The van der Waals surface area contributed by atoms with Crippen LogP contribution in [0.2, 0.25) is 5.02 Å². The summed E-state index contributed by atoms with van der Waals surface area (Å²) in [4.78, 5) is 25.1. The van der Waals surface area contributed by atoms with Crippen LogP contribution in [0, 0.1) is 16.7 Å². The molecular formula is C19H16ClN3O2. The standard InChI is InChI=1S/C19H16ClN3O2/c20-15-7-3-1-6-14(15)12-22-17(24)19(9-10-19)18(25)23-16-8-4-2-5-13(16)11-21/h1-8H,9-10,12H2,(H,22,24)(H,23,25). The van der Waals surface area contributed by atoms with E-state index in [0.29, 0.717) is 29.1 Å². The Labute approximate surface area is 150 Å². The topological polar surface area (TPSA) is 82.0 Å². The van der Waals surface area contributed by atoms with E-state index in [1.54, 1.807) is 30.3 Å². The first-order chi connectivity index (χ1) is 12.1. The van der Waals surface area contributed by atoms with E-state index in [9.17, 15) is 9.59 Å². The van der Waals surface area contributed by atoms with E-state index < -0.39 is 5.41 Å². The van der Waals surface area contributed by atoms with E-state index in [2.05, 4.69) is 10.6 Å². The normalized spacial score (nSPS) is 14.2. The zero-order valence-corrected chi connectivity index (χ0v) is 14.1. The zero-order chi connectivity index (χ0) is 17.9. The van der Waals surface area contributed by atoms with Gasteiger partial charge in [0.1, 0.15) is 11.5 Å². The molecule has 3 rings (SSSR count). The predicted molar refractivity (Wildman–Crippen MR) is 94.8 cm³/mol. The molecule has 6 heteroatoms. The number of nitriles is 1. The summed E-state index contributed by atoms with van der Waals surface area (Å²) < 4.78 is 0. The number of carbonyl (C=O) groups excluding carboxylic acids is 2. The van der Waals surface area contributed by atoms with Crippen LogP contribution in [-0.2, 0) is 16.1 Å². The van der Waals surface area contributed by atoms with Crippen LogP contribution in [0.4, 0.5) is 5.69 Å². The maximum atomic E-state index is 12.6. The van der Waals surface area contributed by atoms with Gasteiger partial charge >= 0.3 is 0 Å².